The first kappa shape index (κ1) is 19.7. The van der Waals surface area contributed by atoms with Crippen molar-refractivity contribution in [3.63, 3.8) is 0 Å². The largest absolute Gasteiger partial charge is 0.493 e. The van der Waals surface area contributed by atoms with Crippen molar-refractivity contribution >= 4 is 22.8 Å². The van der Waals surface area contributed by atoms with Gasteiger partial charge in [0, 0.05) is 56.6 Å². The van der Waals surface area contributed by atoms with Gasteiger partial charge in [-0.25, -0.2) is 14.8 Å². The highest BCUT2D eigenvalue weighted by atomic mass is 16.5. The number of aromatic nitrogens is 3. The number of rotatable bonds is 5. The molecule has 156 valence electrons. The number of methoxy groups -OCH3 is 2. The smallest absolute Gasteiger partial charge is 0.317 e. The Hall–Kier alpha value is -3.62. The number of carbonyl (C=O) groups is 1. The van der Waals surface area contributed by atoms with Crippen molar-refractivity contribution in [2.75, 3.05) is 45.3 Å². The first-order valence-electron chi connectivity index (χ1n) is 9.73. The van der Waals surface area contributed by atoms with Gasteiger partial charge in [-0.1, -0.05) is 6.07 Å². The van der Waals surface area contributed by atoms with Gasteiger partial charge >= 0.3 is 6.03 Å². The molecule has 1 aromatic carbocycles. The van der Waals surface area contributed by atoms with Crippen molar-refractivity contribution in [1.82, 2.24) is 25.2 Å². The number of amides is 2. The van der Waals surface area contributed by atoms with Crippen LogP contribution in [0.5, 0.6) is 11.5 Å². The Morgan fingerprint density at radius 2 is 1.87 bits per heavy atom. The van der Waals surface area contributed by atoms with Crippen LogP contribution in [-0.4, -0.2) is 66.3 Å². The minimum absolute atomic E-state index is 0.0718. The van der Waals surface area contributed by atoms with Crippen molar-refractivity contribution in [2.24, 2.45) is 0 Å². The van der Waals surface area contributed by atoms with Crippen LogP contribution in [0.1, 0.15) is 5.56 Å². The lowest BCUT2D eigenvalue weighted by atomic mass is 10.2. The van der Waals surface area contributed by atoms with Gasteiger partial charge in [-0.15, -0.1) is 0 Å². The summed E-state index contributed by atoms with van der Waals surface area (Å²) in [4.78, 5) is 29.4. The van der Waals surface area contributed by atoms with E-state index in [2.05, 4.69) is 25.2 Å². The molecule has 0 spiro atoms. The number of piperazine rings is 1. The summed E-state index contributed by atoms with van der Waals surface area (Å²) in [5, 5.41) is 3.85. The fourth-order valence-corrected chi connectivity index (χ4v) is 3.53. The van der Waals surface area contributed by atoms with Crippen molar-refractivity contribution in [3.05, 3.63) is 48.5 Å². The van der Waals surface area contributed by atoms with E-state index in [-0.39, 0.29) is 6.03 Å². The molecule has 1 N–H and O–H groups in total. The van der Waals surface area contributed by atoms with Crippen molar-refractivity contribution < 1.29 is 14.3 Å². The Labute approximate surface area is 174 Å². The zero-order valence-electron chi connectivity index (χ0n) is 17.0. The predicted molar refractivity (Wildman–Crippen MR) is 113 cm³/mol. The molecule has 30 heavy (non-hydrogen) atoms. The van der Waals surface area contributed by atoms with Gasteiger partial charge in [-0.3, -0.25) is 4.98 Å². The minimum Gasteiger partial charge on any atom is -0.493 e. The maximum Gasteiger partial charge on any atom is 0.317 e. The number of nitrogens with zero attached hydrogens (tertiary/aromatic N) is 5. The van der Waals surface area contributed by atoms with Crippen LogP contribution in [0.25, 0.3) is 10.9 Å². The van der Waals surface area contributed by atoms with Crippen LogP contribution in [-0.2, 0) is 6.54 Å². The summed E-state index contributed by atoms with van der Waals surface area (Å²) in [6.45, 7) is 3.04. The third-order valence-corrected chi connectivity index (χ3v) is 5.15. The molecule has 9 nitrogen and oxygen atoms in total. The van der Waals surface area contributed by atoms with Gasteiger partial charge in [0.2, 0.25) is 0 Å². The average molecular weight is 408 g/mol. The van der Waals surface area contributed by atoms with E-state index in [0.29, 0.717) is 44.2 Å². The SMILES string of the molecule is COc1cc2ncnc(N3CCN(C(=O)NCc4cccnc4)CC3)c2cc1OC. The summed E-state index contributed by atoms with van der Waals surface area (Å²) in [5.74, 6) is 2.09. The summed E-state index contributed by atoms with van der Waals surface area (Å²) >= 11 is 0. The third kappa shape index (κ3) is 4.05. The Bertz CT molecular complexity index is 1020. The molecule has 1 saturated heterocycles. The van der Waals surface area contributed by atoms with Crippen LogP contribution in [0, 0.1) is 0 Å². The molecule has 0 aliphatic carbocycles. The first-order chi connectivity index (χ1) is 14.7. The molecule has 1 aliphatic rings. The summed E-state index contributed by atoms with van der Waals surface area (Å²) in [6.07, 6.45) is 5.02. The van der Waals surface area contributed by atoms with Crippen LogP contribution < -0.4 is 19.7 Å². The van der Waals surface area contributed by atoms with E-state index in [0.717, 1.165) is 22.3 Å². The lowest BCUT2D eigenvalue weighted by Gasteiger charge is -2.35. The van der Waals surface area contributed by atoms with E-state index in [9.17, 15) is 4.79 Å². The zero-order chi connectivity index (χ0) is 20.9. The number of urea groups is 1. The summed E-state index contributed by atoms with van der Waals surface area (Å²) in [6, 6.07) is 7.47. The number of ether oxygens (including phenoxy) is 2. The average Bonchev–Trinajstić information content (AvgIpc) is 2.82. The minimum atomic E-state index is -0.0718. The molecule has 0 bridgehead atoms. The second-order valence-electron chi connectivity index (χ2n) is 6.92. The fourth-order valence-electron chi connectivity index (χ4n) is 3.53. The van der Waals surface area contributed by atoms with E-state index in [1.165, 1.54) is 0 Å². The third-order valence-electron chi connectivity index (χ3n) is 5.15. The highest BCUT2D eigenvalue weighted by molar-refractivity contribution is 5.92. The summed E-state index contributed by atoms with van der Waals surface area (Å²) in [5.41, 5.74) is 1.76. The summed E-state index contributed by atoms with van der Waals surface area (Å²) in [7, 11) is 3.21. The molecule has 4 rings (SSSR count). The molecule has 2 aromatic heterocycles. The van der Waals surface area contributed by atoms with E-state index in [4.69, 9.17) is 9.47 Å². The first-order valence-corrected chi connectivity index (χ1v) is 9.73. The Morgan fingerprint density at radius 1 is 1.10 bits per heavy atom. The number of fused-ring (bicyclic) bond motifs is 1. The van der Waals surface area contributed by atoms with Crippen LogP contribution in [0.15, 0.2) is 43.0 Å². The van der Waals surface area contributed by atoms with Crippen LogP contribution in [0.3, 0.4) is 0 Å². The van der Waals surface area contributed by atoms with E-state index < -0.39 is 0 Å². The zero-order valence-corrected chi connectivity index (χ0v) is 17.0. The molecule has 3 aromatic rings. The highest BCUT2D eigenvalue weighted by Gasteiger charge is 2.23. The topological polar surface area (TPSA) is 92.7 Å². The van der Waals surface area contributed by atoms with E-state index in [1.807, 2.05) is 29.2 Å². The Kier molecular flexibility index (Phi) is 5.78. The molecule has 0 radical (unpaired) electrons. The molecule has 0 atom stereocenters. The number of hydrogen-bond donors (Lipinski definition) is 1. The highest BCUT2D eigenvalue weighted by Crippen LogP contribution is 2.34. The summed E-state index contributed by atoms with van der Waals surface area (Å²) < 4.78 is 10.8. The monoisotopic (exact) mass is 408 g/mol. The molecule has 0 saturated carbocycles. The number of carbonyl (C=O) groups excluding carboxylic acids is 1. The van der Waals surface area contributed by atoms with Crippen LogP contribution in [0.2, 0.25) is 0 Å². The maximum atomic E-state index is 12.5. The molecule has 2 amide bonds. The Morgan fingerprint density at radius 3 is 2.57 bits per heavy atom. The number of benzene rings is 1. The number of anilines is 1. The molecular weight excluding hydrogens is 384 g/mol. The Balaban J connectivity index is 1.43. The number of nitrogens with one attached hydrogen (secondary N) is 1. The van der Waals surface area contributed by atoms with Crippen LogP contribution in [0.4, 0.5) is 10.6 Å². The van der Waals surface area contributed by atoms with Crippen molar-refractivity contribution in [2.45, 2.75) is 6.54 Å². The molecule has 1 aliphatic heterocycles. The molecule has 9 heteroatoms. The van der Waals surface area contributed by atoms with Gasteiger partial charge in [0.1, 0.15) is 12.1 Å². The molecule has 3 heterocycles. The van der Waals surface area contributed by atoms with Gasteiger partial charge in [0.15, 0.2) is 11.5 Å². The molecule has 0 unspecified atom stereocenters. The van der Waals surface area contributed by atoms with Gasteiger partial charge < -0.3 is 24.6 Å². The lowest BCUT2D eigenvalue weighted by Crippen LogP contribution is -2.52. The fraction of sp³-hybridized carbons (Fsp3) is 0.333. The normalized spacial score (nSPS) is 13.9. The van der Waals surface area contributed by atoms with Gasteiger partial charge in [0.05, 0.1) is 19.7 Å². The quantitative estimate of drug-likeness (QED) is 0.691. The van der Waals surface area contributed by atoms with Gasteiger partial charge in [-0.05, 0) is 17.7 Å². The molecular formula is C21H24N6O3. The maximum absolute atomic E-state index is 12.5. The predicted octanol–water partition coefficient (Wildman–Crippen LogP) is 2.07. The lowest BCUT2D eigenvalue weighted by molar-refractivity contribution is 0.194. The van der Waals surface area contributed by atoms with Gasteiger partial charge in [-0.2, -0.15) is 0 Å². The van der Waals surface area contributed by atoms with Gasteiger partial charge in [0.25, 0.3) is 0 Å². The molecule has 1 fully saturated rings. The van der Waals surface area contributed by atoms with E-state index >= 15 is 0 Å². The van der Waals surface area contributed by atoms with Crippen LogP contribution >= 0.6 is 0 Å². The van der Waals surface area contributed by atoms with Crippen molar-refractivity contribution in [3.8, 4) is 11.5 Å². The van der Waals surface area contributed by atoms with E-state index in [1.54, 1.807) is 32.9 Å². The second kappa shape index (κ2) is 8.81. The number of hydrogen-bond acceptors (Lipinski definition) is 7. The number of pyridine rings is 1. The van der Waals surface area contributed by atoms with Crippen molar-refractivity contribution in [1.29, 1.82) is 0 Å². The second-order valence-corrected chi connectivity index (χ2v) is 6.92. The standard InChI is InChI=1S/C21H24N6O3/c1-29-18-10-16-17(11-19(18)30-2)24-14-25-20(16)26-6-8-27(9-7-26)21(28)23-13-15-4-3-5-22-12-15/h3-5,10-12,14H,6-9,13H2,1-2H3,(H,23,28).